The normalized spacial score (nSPS) is 9.67. The van der Waals surface area contributed by atoms with E-state index >= 15 is 0 Å². The van der Waals surface area contributed by atoms with Crippen molar-refractivity contribution in [2.45, 2.75) is 13.3 Å². The topological polar surface area (TPSA) is 55.8 Å². The van der Waals surface area contributed by atoms with Gasteiger partial charge in [-0.2, -0.15) is 0 Å². The van der Waals surface area contributed by atoms with E-state index in [4.69, 9.17) is 9.47 Å². The minimum Gasteiger partial charge on any atom is -0.504 e. The van der Waals surface area contributed by atoms with Crippen LogP contribution in [0.2, 0.25) is 0 Å². The zero-order valence-corrected chi connectivity index (χ0v) is 8.60. The largest absolute Gasteiger partial charge is 0.504 e. The molecule has 0 amide bonds. The number of hydrogen-bond acceptors (Lipinski definition) is 4. The molecule has 0 aromatic heterocycles. The number of rotatable bonds is 5. The molecule has 0 aliphatic carbocycles. The lowest BCUT2D eigenvalue weighted by molar-refractivity contribution is -0.143. The highest BCUT2D eigenvalue weighted by Crippen LogP contribution is 2.24. The Morgan fingerprint density at radius 3 is 2.80 bits per heavy atom. The van der Waals surface area contributed by atoms with Gasteiger partial charge in [-0.3, -0.25) is 4.79 Å². The predicted molar refractivity (Wildman–Crippen MR) is 54.9 cm³/mol. The molecule has 0 saturated heterocycles. The fourth-order valence-electron chi connectivity index (χ4n) is 1.06. The van der Waals surface area contributed by atoms with Gasteiger partial charge in [-0.15, -0.1) is 0 Å². The van der Waals surface area contributed by atoms with Gasteiger partial charge < -0.3 is 14.6 Å². The maximum Gasteiger partial charge on any atom is 0.309 e. The van der Waals surface area contributed by atoms with Crippen molar-refractivity contribution in [2.75, 3.05) is 13.2 Å². The number of aromatic hydroxyl groups is 1. The quantitative estimate of drug-likeness (QED) is 0.752. The van der Waals surface area contributed by atoms with Crippen LogP contribution >= 0.6 is 0 Å². The molecule has 0 aliphatic heterocycles. The molecule has 1 N–H and O–H groups in total. The van der Waals surface area contributed by atoms with Gasteiger partial charge in [0.1, 0.15) is 0 Å². The number of para-hydroxylation sites is 2. The van der Waals surface area contributed by atoms with Crippen LogP contribution in [0.15, 0.2) is 24.3 Å². The fourth-order valence-corrected chi connectivity index (χ4v) is 1.06. The molecule has 0 heterocycles. The number of phenolic OH excluding ortho intramolecular Hbond substituents is 1. The fraction of sp³-hybridized carbons (Fsp3) is 0.364. The summed E-state index contributed by atoms with van der Waals surface area (Å²) in [6.45, 7) is 2.33. The molecular weight excluding hydrogens is 196 g/mol. The zero-order chi connectivity index (χ0) is 11.1. The summed E-state index contributed by atoms with van der Waals surface area (Å²) >= 11 is 0. The van der Waals surface area contributed by atoms with E-state index in [0.29, 0.717) is 12.4 Å². The highest BCUT2D eigenvalue weighted by Gasteiger charge is 2.04. The lowest BCUT2D eigenvalue weighted by atomic mass is 10.3. The first kappa shape index (κ1) is 11.4. The Labute approximate surface area is 88.4 Å². The van der Waals surface area contributed by atoms with Crippen LogP contribution in [0.1, 0.15) is 13.3 Å². The van der Waals surface area contributed by atoms with Gasteiger partial charge in [-0.25, -0.2) is 0 Å². The molecule has 0 unspecified atom stereocenters. The number of carbonyl (C=O) groups is 1. The lowest BCUT2D eigenvalue weighted by Crippen LogP contribution is -2.09. The van der Waals surface area contributed by atoms with Crippen LogP contribution in [0.3, 0.4) is 0 Å². The van der Waals surface area contributed by atoms with Crippen LogP contribution in [-0.4, -0.2) is 24.3 Å². The van der Waals surface area contributed by atoms with Gasteiger partial charge >= 0.3 is 5.97 Å². The molecule has 15 heavy (non-hydrogen) atoms. The molecule has 0 saturated carbocycles. The lowest BCUT2D eigenvalue weighted by Gasteiger charge is -2.06. The molecule has 1 rings (SSSR count). The molecule has 82 valence electrons. The van der Waals surface area contributed by atoms with E-state index in [1.54, 1.807) is 25.1 Å². The summed E-state index contributed by atoms with van der Waals surface area (Å²) in [4.78, 5) is 11.0. The third kappa shape index (κ3) is 3.89. The average molecular weight is 210 g/mol. The highest BCUT2D eigenvalue weighted by atomic mass is 16.5. The van der Waals surface area contributed by atoms with E-state index in [-0.39, 0.29) is 24.7 Å². The minimum atomic E-state index is -0.298. The maximum atomic E-state index is 11.0. The van der Waals surface area contributed by atoms with Gasteiger partial charge in [0.15, 0.2) is 11.5 Å². The van der Waals surface area contributed by atoms with Crippen LogP contribution in [0.25, 0.3) is 0 Å². The van der Waals surface area contributed by atoms with E-state index in [1.165, 1.54) is 6.07 Å². The van der Waals surface area contributed by atoms with Crippen LogP contribution < -0.4 is 4.74 Å². The van der Waals surface area contributed by atoms with E-state index < -0.39 is 0 Å². The molecule has 0 fully saturated rings. The van der Waals surface area contributed by atoms with E-state index in [0.717, 1.165) is 0 Å². The second-order valence-corrected chi connectivity index (χ2v) is 2.87. The van der Waals surface area contributed by atoms with Gasteiger partial charge in [0.2, 0.25) is 0 Å². The molecule has 4 nitrogen and oxygen atoms in total. The highest BCUT2D eigenvalue weighted by molar-refractivity contribution is 5.69. The standard InChI is InChI=1S/C11H14O4/c1-2-14-11(13)7-8-15-10-6-4-3-5-9(10)12/h3-6,12H,2,7-8H2,1H3. The Hall–Kier alpha value is -1.71. The maximum absolute atomic E-state index is 11.0. The van der Waals surface area contributed by atoms with Gasteiger partial charge in [-0.1, -0.05) is 12.1 Å². The summed E-state index contributed by atoms with van der Waals surface area (Å²) in [5, 5.41) is 9.34. The molecule has 0 bridgehead atoms. The third-order valence-corrected chi connectivity index (χ3v) is 1.73. The first-order chi connectivity index (χ1) is 7.24. The molecule has 4 heteroatoms. The van der Waals surface area contributed by atoms with Crippen molar-refractivity contribution in [3.8, 4) is 11.5 Å². The first-order valence-electron chi connectivity index (χ1n) is 4.80. The first-order valence-corrected chi connectivity index (χ1v) is 4.80. The third-order valence-electron chi connectivity index (χ3n) is 1.73. The average Bonchev–Trinajstić information content (AvgIpc) is 2.21. The number of benzene rings is 1. The van der Waals surface area contributed by atoms with Crippen molar-refractivity contribution in [3.63, 3.8) is 0 Å². The molecule has 0 spiro atoms. The smallest absolute Gasteiger partial charge is 0.309 e. The van der Waals surface area contributed by atoms with Crippen LogP contribution in [-0.2, 0) is 9.53 Å². The summed E-state index contributed by atoms with van der Waals surface area (Å²) in [6.07, 6.45) is 0.183. The van der Waals surface area contributed by atoms with Crippen LogP contribution in [0, 0.1) is 0 Å². The molecular formula is C11H14O4. The Balaban J connectivity index is 2.32. The molecule has 1 aromatic rings. The number of ether oxygens (including phenoxy) is 2. The van der Waals surface area contributed by atoms with Crippen molar-refractivity contribution < 1.29 is 19.4 Å². The Bertz CT molecular complexity index is 322. The van der Waals surface area contributed by atoms with Gasteiger partial charge in [0.25, 0.3) is 0 Å². The van der Waals surface area contributed by atoms with Gasteiger partial charge in [-0.05, 0) is 19.1 Å². The van der Waals surface area contributed by atoms with Gasteiger partial charge in [0, 0.05) is 0 Å². The Morgan fingerprint density at radius 1 is 1.40 bits per heavy atom. The second-order valence-electron chi connectivity index (χ2n) is 2.87. The Morgan fingerprint density at radius 2 is 2.13 bits per heavy atom. The van der Waals surface area contributed by atoms with Crippen molar-refractivity contribution >= 4 is 5.97 Å². The SMILES string of the molecule is CCOC(=O)CCOc1ccccc1O. The summed E-state index contributed by atoms with van der Waals surface area (Å²) in [5.74, 6) is 0.149. The van der Waals surface area contributed by atoms with Crippen molar-refractivity contribution in [3.05, 3.63) is 24.3 Å². The van der Waals surface area contributed by atoms with Crippen LogP contribution in [0.4, 0.5) is 0 Å². The van der Waals surface area contributed by atoms with Crippen molar-refractivity contribution in [1.29, 1.82) is 0 Å². The summed E-state index contributed by atoms with van der Waals surface area (Å²) in [5.41, 5.74) is 0. The van der Waals surface area contributed by atoms with E-state index in [1.807, 2.05) is 0 Å². The van der Waals surface area contributed by atoms with E-state index in [9.17, 15) is 9.90 Å². The minimum absolute atomic E-state index is 0.0707. The van der Waals surface area contributed by atoms with Crippen molar-refractivity contribution in [2.24, 2.45) is 0 Å². The summed E-state index contributed by atoms with van der Waals surface area (Å²) in [6, 6.07) is 6.62. The number of phenols is 1. The summed E-state index contributed by atoms with van der Waals surface area (Å²) < 4.78 is 9.93. The second kappa shape index (κ2) is 5.90. The number of hydrogen-bond donors (Lipinski definition) is 1. The van der Waals surface area contributed by atoms with Gasteiger partial charge in [0.05, 0.1) is 19.6 Å². The molecule has 0 atom stereocenters. The zero-order valence-electron chi connectivity index (χ0n) is 8.60. The number of esters is 1. The molecule has 0 radical (unpaired) electrons. The monoisotopic (exact) mass is 210 g/mol. The Kier molecular flexibility index (Phi) is 4.47. The molecule has 1 aromatic carbocycles. The number of carbonyl (C=O) groups excluding carboxylic acids is 1. The van der Waals surface area contributed by atoms with E-state index in [2.05, 4.69) is 0 Å². The predicted octanol–water partition coefficient (Wildman–Crippen LogP) is 1.72. The van der Waals surface area contributed by atoms with Crippen LogP contribution in [0.5, 0.6) is 11.5 Å². The summed E-state index contributed by atoms with van der Waals surface area (Å²) in [7, 11) is 0. The molecule has 0 aliphatic rings. The van der Waals surface area contributed by atoms with Crippen molar-refractivity contribution in [1.82, 2.24) is 0 Å².